The first-order valence-electron chi connectivity index (χ1n) is 17.5. The van der Waals surface area contributed by atoms with Gasteiger partial charge in [-0.2, -0.15) is 13.5 Å². The van der Waals surface area contributed by atoms with Gasteiger partial charge in [-0.1, -0.05) is 41.0 Å². The van der Waals surface area contributed by atoms with Crippen molar-refractivity contribution in [3.8, 4) is 17.2 Å². The minimum absolute atomic E-state index is 0.00250. The molecule has 0 aliphatic heterocycles. The molecule has 0 unspecified atom stereocenters. The van der Waals surface area contributed by atoms with E-state index in [1.807, 2.05) is 0 Å². The predicted octanol–water partition coefficient (Wildman–Crippen LogP) is 6.88. The van der Waals surface area contributed by atoms with Gasteiger partial charge in [0.15, 0.2) is 23.9 Å². The van der Waals surface area contributed by atoms with E-state index >= 15 is 0 Å². The molecule has 2 saturated carbocycles. The van der Waals surface area contributed by atoms with Crippen molar-refractivity contribution in [3.63, 3.8) is 0 Å². The number of rotatable bonds is 19. The number of nitrogens with zero attached hydrogens (tertiary/aromatic N) is 2. The van der Waals surface area contributed by atoms with Crippen LogP contribution >= 0.6 is 35.0 Å². The Hall–Kier alpha value is -4.06. The zero-order chi connectivity index (χ0) is 40.7. The Bertz CT molecular complexity index is 1980. The lowest BCUT2D eigenvalue weighted by Gasteiger charge is -2.24. The fraction of sp³-hybridized carbons (Fsp3) is 0.459. The van der Waals surface area contributed by atoms with Gasteiger partial charge in [0.25, 0.3) is 0 Å². The maximum atomic E-state index is 13.4. The molecule has 1 heterocycles. The van der Waals surface area contributed by atoms with Crippen LogP contribution in [0, 0.1) is 17.0 Å². The Morgan fingerprint density at radius 2 is 1.55 bits per heavy atom. The van der Waals surface area contributed by atoms with Gasteiger partial charge in [-0.25, -0.2) is 8.42 Å². The number of aromatic nitrogens is 1. The summed E-state index contributed by atoms with van der Waals surface area (Å²) in [6.45, 7) is 1.71. The van der Waals surface area contributed by atoms with Crippen LogP contribution in [0.2, 0.25) is 10.0 Å². The van der Waals surface area contributed by atoms with Crippen molar-refractivity contribution in [2.75, 3.05) is 29.8 Å². The molecule has 1 atom stereocenters. The summed E-state index contributed by atoms with van der Waals surface area (Å²) < 4.78 is 79.8. The van der Waals surface area contributed by atoms with Crippen molar-refractivity contribution in [2.45, 2.75) is 71.2 Å². The number of thiol groups is 1. The number of carbonyl (C=O) groups excluding carboxylic acids is 3. The second-order valence-electron chi connectivity index (χ2n) is 14.2. The third-order valence-electron chi connectivity index (χ3n) is 8.31. The van der Waals surface area contributed by atoms with E-state index in [4.69, 9.17) is 42.1 Å². The normalized spacial score (nSPS) is 14.7. The average molecular weight is 862 g/mol. The minimum Gasteiger partial charge on any atom is -0.619 e. The van der Waals surface area contributed by atoms with Crippen molar-refractivity contribution in [1.82, 2.24) is 0 Å². The van der Waals surface area contributed by atoms with Crippen molar-refractivity contribution in [2.24, 2.45) is 11.8 Å². The number of anilines is 1. The van der Waals surface area contributed by atoms with E-state index in [-0.39, 0.29) is 75.6 Å². The molecule has 0 spiro atoms. The Morgan fingerprint density at radius 3 is 2.12 bits per heavy atom. The molecule has 5 rings (SSSR count). The molecule has 2 aromatic carbocycles. The average Bonchev–Trinajstić information content (AvgIpc) is 4.04. The quantitative estimate of drug-likeness (QED) is 0.0577. The maximum Gasteiger partial charge on any atom is 0.387 e. The molecule has 56 heavy (non-hydrogen) atoms. The smallest absolute Gasteiger partial charge is 0.387 e. The Morgan fingerprint density at radius 1 is 0.929 bits per heavy atom. The lowest BCUT2D eigenvalue weighted by Crippen LogP contribution is -2.34. The molecule has 0 bridgehead atoms. The molecule has 1 aromatic heterocycles. The van der Waals surface area contributed by atoms with Gasteiger partial charge in [0.1, 0.15) is 34.0 Å². The molecule has 2 aliphatic carbocycles. The van der Waals surface area contributed by atoms with Gasteiger partial charge in [0, 0.05) is 17.5 Å². The van der Waals surface area contributed by atoms with E-state index in [9.17, 15) is 36.8 Å². The zero-order valence-electron chi connectivity index (χ0n) is 30.5. The van der Waals surface area contributed by atoms with Gasteiger partial charge < -0.3 is 28.9 Å². The number of benzene rings is 2. The molecule has 304 valence electrons. The van der Waals surface area contributed by atoms with Gasteiger partial charge >= 0.3 is 18.6 Å². The predicted molar refractivity (Wildman–Crippen MR) is 204 cm³/mol. The van der Waals surface area contributed by atoms with Crippen LogP contribution in [0.5, 0.6) is 17.2 Å². The van der Waals surface area contributed by atoms with E-state index in [0.29, 0.717) is 22.1 Å². The van der Waals surface area contributed by atoms with E-state index in [1.54, 1.807) is 20.8 Å². The molecule has 0 amide bonds. The summed E-state index contributed by atoms with van der Waals surface area (Å²) in [5.41, 5.74) is -0.193. The van der Waals surface area contributed by atoms with Gasteiger partial charge in [-0.3, -0.25) is 18.7 Å². The molecular weight excluding hydrogens is 821 g/mol. The maximum absolute atomic E-state index is 13.4. The number of halogens is 4. The van der Waals surface area contributed by atoms with Crippen LogP contribution in [0.4, 0.5) is 14.5 Å². The van der Waals surface area contributed by atoms with Crippen LogP contribution < -0.4 is 23.2 Å². The molecule has 13 nitrogen and oxygen atoms in total. The number of hydrogen-bond acceptors (Lipinski definition) is 12. The monoisotopic (exact) mass is 860 g/mol. The third kappa shape index (κ3) is 13.0. The van der Waals surface area contributed by atoms with E-state index in [0.717, 1.165) is 42.4 Å². The number of pyridine rings is 1. The van der Waals surface area contributed by atoms with Crippen LogP contribution in [0.15, 0.2) is 48.8 Å². The van der Waals surface area contributed by atoms with Crippen LogP contribution in [0.3, 0.4) is 0 Å². The summed E-state index contributed by atoms with van der Waals surface area (Å²) in [5, 5.41) is 11.3. The first kappa shape index (κ1) is 43.1. The minimum atomic E-state index is -3.32. The molecular formula is C37H40Cl2F2N2O11S2. The summed E-state index contributed by atoms with van der Waals surface area (Å²) in [6.07, 6.45) is 4.55. The number of carbonyl (C=O) groups is 3. The Kier molecular flexibility index (Phi) is 14.6. The summed E-state index contributed by atoms with van der Waals surface area (Å²) in [4.78, 5) is 39.3. The number of esters is 2. The van der Waals surface area contributed by atoms with Gasteiger partial charge in [-0.05, 0) is 94.2 Å². The van der Waals surface area contributed by atoms with Crippen molar-refractivity contribution < 1.29 is 60.0 Å². The first-order chi connectivity index (χ1) is 26.4. The highest BCUT2D eigenvalue weighted by Crippen LogP contribution is 2.39. The first-order valence-corrected chi connectivity index (χ1v) is 20.4. The van der Waals surface area contributed by atoms with Crippen molar-refractivity contribution in [1.29, 1.82) is 0 Å². The number of thioether (sulfide) groups is 1. The largest absolute Gasteiger partial charge is 0.619 e. The fourth-order valence-electron chi connectivity index (χ4n) is 5.25. The summed E-state index contributed by atoms with van der Waals surface area (Å²) >= 11 is 13.3. The van der Waals surface area contributed by atoms with Crippen LogP contribution in [0.25, 0.3) is 0 Å². The van der Waals surface area contributed by atoms with E-state index in [2.05, 4.69) is 4.74 Å². The lowest BCUT2D eigenvalue weighted by molar-refractivity contribution is -0.605. The third-order valence-corrected chi connectivity index (χ3v) is 10.6. The van der Waals surface area contributed by atoms with Gasteiger partial charge in [-0.15, -0.1) is 0 Å². The van der Waals surface area contributed by atoms with Gasteiger partial charge in [0.05, 0.1) is 24.7 Å². The summed E-state index contributed by atoms with van der Waals surface area (Å²) in [6, 6.07) is 8.09. The van der Waals surface area contributed by atoms with Crippen molar-refractivity contribution >= 4 is 68.6 Å². The molecule has 0 radical (unpaired) electrons. The second-order valence-corrected chi connectivity index (χ2v) is 16.9. The zero-order valence-corrected chi connectivity index (χ0v) is 33.8. The number of hydrogen-bond donors (Lipinski definition) is 1. The SMILES string of the molecule is CC(C)(C)OC(=O)CN(c1ccc(C(=O)SCC(=O)O[C@@H](Cc2c(Cl)c[n+]([O-])cc2Cl)c2ccc(OC(F)F)c(OCC3CC3)c2)cc1OCC1CC1)[SH](=O)=O. The molecule has 2 aliphatic rings. The van der Waals surface area contributed by atoms with Crippen molar-refractivity contribution in [3.05, 3.63) is 80.7 Å². The molecule has 0 saturated heterocycles. The number of alkyl halides is 2. The van der Waals surface area contributed by atoms with Crippen LogP contribution in [-0.2, 0) is 36.4 Å². The molecule has 0 N–H and O–H groups in total. The highest BCUT2D eigenvalue weighted by atomic mass is 35.5. The highest BCUT2D eigenvalue weighted by Gasteiger charge is 2.29. The standard InChI is InChI=1S/C37H40Cl2F2N2O11S2/c1-37(2,3)54-33(44)17-43(56(48)49)28-10-8-24(13-31(28)50-18-21-4-5-21)35(46)55-20-34(45)52-30(14-25-26(38)15-42(47)16-27(25)39)23-9-11-29(53-36(40)41)32(12-23)51-19-22-6-7-22/h8-13,15-16,21-22,30,36,56H,4-7,14,17-20H2,1-3H3/t30-/m0/s1. The molecule has 3 aromatic rings. The summed E-state index contributed by atoms with van der Waals surface area (Å²) in [7, 11) is -3.32. The summed E-state index contributed by atoms with van der Waals surface area (Å²) in [5.74, 6) is -1.77. The highest BCUT2D eigenvalue weighted by molar-refractivity contribution is 8.14. The lowest BCUT2D eigenvalue weighted by atomic mass is 10.0. The van der Waals surface area contributed by atoms with E-state index in [1.165, 1.54) is 36.4 Å². The fourth-order valence-corrected chi connectivity index (χ4v) is 7.03. The second kappa shape index (κ2) is 18.9. The van der Waals surface area contributed by atoms with E-state index < -0.39 is 58.6 Å². The molecule has 2 fully saturated rings. The van der Waals surface area contributed by atoms with Crippen LogP contribution in [0.1, 0.15) is 74.0 Å². The number of ether oxygens (including phenoxy) is 5. The van der Waals surface area contributed by atoms with Gasteiger partial charge in [0.2, 0.25) is 16.0 Å². The Balaban J connectivity index is 1.35. The topological polar surface area (TPSA) is 162 Å². The molecule has 19 heteroatoms. The van der Waals surface area contributed by atoms with Crippen LogP contribution in [-0.4, -0.2) is 63.2 Å². The Labute approximate surface area is 338 Å².